The lowest BCUT2D eigenvalue weighted by Crippen LogP contribution is -2.38. The maximum atomic E-state index is 12.1. The quantitative estimate of drug-likeness (QED) is 0.687. The fourth-order valence-corrected chi connectivity index (χ4v) is 5.55. The van der Waals surface area contributed by atoms with Crippen molar-refractivity contribution in [2.24, 2.45) is 5.73 Å². The summed E-state index contributed by atoms with van der Waals surface area (Å²) in [5, 5.41) is 0. The van der Waals surface area contributed by atoms with Gasteiger partial charge in [0, 0.05) is 18.8 Å². The lowest BCUT2D eigenvalue weighted by Gasteiger charge is -2.23. The van der Waals surface area contributed by atoms with E-state index >= 15 is 0 Å². The Morgan fingerprint density at radius 1 is 1.22 bits per heavy atom. The van der Waals surface area contributed by atoms with Crippen LogP contribution in [-0.4, -0.2) is 58.0 Å². The molecular weight excluding hydrogens is 276 g/mol. The summed E-state index contributed by atoms with van der Waals surface area (Å²) >= 11 is 0. The van der Waals surface area contributed by atoms with Gasteiger partial charge >= 0.3 is 0 Å². The Morgan fingerprint density at radius 2 is 1.89 bits per heavy atom. The van der Waals surface area contributed by atoms with Crippen LogP contribution in [0.15, 0.2) is 0 Å². The average Bonchev–Trinajstić information content (AvgIpc) is 2.72. The van der Waals surface area contributed by atoms with Crippen molar-refractivity contribution in [3.63, 3.8) is 0 Å². The summed E-state index contributed by atoms with van der Waals surface area (Å²) in [6, 6.07) is -0.00175. The van der Waals surface area contributed by atoms with Gasteiger partial charge < -0.3 is 5.73 Å². The second-order valence-electron chi connectivity index (χ2n) is 4.78. The molecule has 1 saturated heterocycles. The van der Waals surface area contributed by atoms with Crippen LogP contribution < -0.4 is 5.73 Å². The highest BCUT2D eigenvalue weighted by Gasteiger charge is 2.33. The molecule has 18 heavy (non-hydrogen) atoms. The van der Waals surface area contributed by atoms with Crippen LogP contribution in [0.25, 0.3) is 0 Å². The summed E-state index contributed by atoms with van der Waals surface area (Å²) in [4.78, 5) is 0. The summed E-state index contributed by atoms with van der Waals surface area (Å²) in [6.07, 6.45) is 4.29. The molecule has 1 atom stereocenters. The third kappa shape index (κ3) is 4.83. The van der Waals surface area contributed by atoms with E-state index in [1.807, 2.05) is 0 Å². The largest absolute Gasteiger partial charge is 0.330 e. The third-order valence-corrected chi connectivity index (χ3v) is 6.25. The molecule has 0 saturated carbocycles. The smallest absolute Gasteiger partial charge is 0.215 e. The average molecular weight is 298 g/mol. The molecule has 1 fully saturated rings. The molecule has 0 aliphatic carbocycles. The van der Waals surface area contributed by atoms with Crippen molar-refractivity contribution in [2.75, 3.05) is 30.9 Å². The van der Waals surface area contributed by atoms with Gasteiger partial charge in [0.2, 0.25) is 10.0 Å². The first-order chi connectivity index (χ1) is 8.26. The van der Waals surface area contributed by atoms with E-state index in [1.54, 1.807) is 0 Å². The fourth-order valence-electron chi connectivity index (χ4n) is 2.19. The zero-order valence-corrected chi connectivity index (χ0v) is 12.3. The van der Waals surface area contributed by atoms with Gasteiger partial charge in [-0.15, -0.1) is 0 Å². The van der Waals surface area contributed by atoms with Crippen LogP contribution in [0.3, 0.4) is 0 Å². The highest BCUT2D eigenvalue weighted by atomic mass is 32.2. The number of hydrogen-bond donors (Lipinski definition) is 1. The van der Waals surface area contributed by atoms with Crippen molar-refractivity contribution in [3.8, 4) is 0 Å². The van der Waals surface area contributed by atoms with Gasteiger partial charge in [0.25, 0.3) is 0 Å². The second kappa shape index (κ2) is 6.31. The number of nitrogens with zero attached hydrogens (tertiary/aromatic N) is 1. The van der Waals surface area contributed by atoms with Crippen molar-refractivity contribution < 1.29 is 16.8 Å². The summed E-state index contributed by atoms with van der Waals surface area (Å²) in [5.74, 6) is -0.625. The van der Waals surface area contributed by atoms with E-state index in [2.05, 4.69) is 0 Å². The van der Waals surface area contributed by atoms with Gasteiger partial charge in [-0.1, -0.05) is 0 Å². The van der Waals surface area contributed by atoms with Crippen LogP contribution in [0.4, 0.5) is 0 Å². The minimum absolute atomic E-state index is 0.00175. The molecule has 0 bridgehead atoms. The molecule has 108 valence electrons. The molecule has 2 N–H and O–H groups in total. The number of hydrogen-bond acceptors (Lipinski definition) is 5. The second-order valence-corrected chi connectivity index (χ2v) is 9.08. The predicted octanol–water partition coefficient (Wildman–Crippen LogP) is -0.436. The topological polar surface area (TPSA) is 97.5 Å². The Bertz CT molecular complexity index is 458. The third-order valence-electron chi connectivity index (χ3n) is 3.13. The van der Waals surface area contributed by atoms with E-state index in [9.17, 15) is 16.8 Å². The number of nitrogens with two attached hydrogens (primary N) is 1. The van der Waals surface area contributed by atoms with Crippen molar-refractivity contribution in [3.05, 3.63) is 0 Å². The maximum absolute atomic E-state index is 12.1. The van der Waals surface area contributed by atoms with Crippen LogP contribution in [-0.2, 0) is 19.9 Å². The molecule has 0 aromatic carbocycles. The van der Waals surface area contributed by atoms with Crippen molar-refractivity contribution in [1.82, 2.24) is 4.31 Å². The van der Waals surface area contributed by atoms with Gasteiger partial charge in [-0.2, -0.15) is 4.31 Å². The molecule has 1 unspecified atom stereocenters. The van der Waals surface area contributed by atoms with E-state index in [0.29, 0.717) is 13.1 Å². The Balaban J connectivity index is 2.65. The van der Waals surface area contributed by atoms with Crippen LogP contribution in [0.1, 0.15) is 25.7 Å². The SMILES string of the molecule is CS(=O)(=O)CCS(=O)(=O)N1CCCC1CCCN. The van der Waals surface area contributed by atoms with Crippen molar-refractivity contribution >= 4 is 19.9 Å². The monoisotopic (exact) mass is 298 g/mol. The Morgan fingerprint density at radius 3 is 2.44 bits per heavy atom. The Kier molecular flexibility index (Phi) is 5.57. The molecule has 1 aliphatic heterocycles. The molecule has 0 aromatic heterocycles. The van der Waals surface area contributed by atoms with Gasteiger partial charge in [0.15, 0.2) is 0 Å². The molecule has 0 radical (unpaired) electrons. The van der Waals surface area contributed by atoms with Gasteiger partial charge in [-0.05, 0) is 32.2 Å². The summed E-state index contributed by atoms with van der Waals surface area (Å²) < 4.78 is 47.7. The fraction of sp³-hybridized carbons (Fsp3) is 1.00. The first-order valence-corrected chi connectivity index (χ1v) is 9.80. The van der Waals surface area contributed by atoms with E-state index < -0.39 is 19.9 Å². The summed E-state index contributed by atoms with van der Waals surface area (Å²) in [5.41, 5.74) is 5.43. The number of sulfonamides is 1. The highest BCUT2D eigenvalue weighted by molar-refractivity contribution is 7.93. The molecule has 1 rings (SSSR count). The molecule has 1 aliphatic rings. The molecule has 6 nitrogen and oxygen atoms in total. The molecule has 0 spiro atoms. The normalized spacial score (nSPS) is 22.4. The Hall–Kier alpha value is -0.180. The maximum Gasteiger partial charge on any atom is 0.215 e. The molecular formula is C10H22N2O4S2. The summed E-state index contributed by atoms with van der Waals surface area (Å²) in [7, 11) is -6.71. The molecule has 0 aromatic rings. The van der Waals surface area contributed by atoms with Gasteiger partial charge in [-0.3, -0.25) is 0 Å². The van der Waals surface area contributed by atoms with Crippen LogP contribution in [0.2, 0.25) is 0 Å². The number of rotatable bonds is 7. The predicted molar refractivity (Wildman–Crippen MR) is 71.5 cm³/mol. The lowest BCUT2D eigenvalue weighted by atomic mass is 10.1. The number of sulfone groups is 1. The van der Waals surface area contributed by atoms with Crippen LogP contribution >= 0.6 is 0 Å². The minimum atomic E-state index is -3.46. The first-order valence-electron chi connectivity index (χ1n) is 6.13. The van der Waals surface area contributed by atoms with E-state index in [0.717, 1.165) is 31.9 Å². The van der Waals surface area contributed by atoms with Crippen LogP contribution in [0, 0.1) is 0 Å². The van der Waals surface area contributed by atoms with Crippen molar-refractivity contribution in [2.45, 2.75) is 31.7 Å². The summed E-state index contributed by atoms with van der Waals surface area (Å²) in [6.45, 7) is 1.05. The van der Waals surface area contributed by atoms with Gasteiger partial charge in [-0.25, -0.2) is 16.8 Å². The van der Waals surface area contributed by atoms with E-state index in [4.69, 9.17) is 5.73 Å². The Labute approximate surface area is 110 Å². The van der Waals surface area contributed by atoms with E-state index in [-0.39, 0.29) is 17.5 Å². The minimum Gasteiger partial charge on any atom is -0.330 e. The van der Waals surface area contributed by atoms with Gasteiger partial charge in [0.1, 0.15) is 9.84 Å². The molecule has 1 heterocycles. The molecule has 8 heteroatoms. The van der Waals surface area contributed by atoms with E-state index in [1.165, 1.54) is 4.31 Å². The van der Waals surface area contributed by atoms with Crippen LogP contribution in [0.5, 0.6) is 0 Å². The van der Waals surface area contributed by atoms with Gasteiger partial charge in [0.05, 0.1) is 11.5 Å². The lowest BCUT2D eigenvalue weighted by molar-refractivity contribution is 0.366. The van der Waals surface area contributed by atoms with Crippen molar-refractivity contribution in [1.29, 1.82) is 0 Å². The zero-order chi connectivity index (χ0) is 13.8. The first kappa shape index (κ1) is 15.9. The highest BCUT2D eigenvalue weighted by Crippen LogP contribution is 2.24. The standard InChI is InChI=1S/C10H22N2O4S2/c1-17(13,14)8-9-18(15,16)12-7-3-5-10(12)4-2-6-11/h10H,2-9,11H2,1H3. The zero-order valence-electron chi connectivity index (χ0n) is 10.7. The molecule has 0 amide bonds.